The van der Waals surface area contributed by atoms with Gasteiger partial charge in [0, 0.05) is 0 Å². The van der Waals surface area contributed by atoms with E-state index < -0.39 is 6.04 Å². The van der Waals surface area contributed by atoms with E-state index in [1.807, 2.05) is 0 Å². The number of rotatable bonds is 4. The van der Waals surface area contributed by atoms with Gasteiger partial charge < -0.3 is 10.5 Å². The molecule has 1 rings (SSSR count). The number of methoxy groups -OCH3 is 1. The van der Waals surface area contributed by atoms with Gasteiger partial charge in [0.2, 0.25) is 0 Å². The second-order valence-corrected chi connectivity index (χ2v) is 5.62. The fourth-order valence-corrected chi connectivity index (χ4v) is 1.76. The molecule has 3 heteroatoms. The van der Waals surface area contributed by atoms with Crippen LogP contribution in [0.25, 0.3) is 0 Å². The summed E-state index contributed by atoms with van der Waals surface area (Å²) in [7, 11) is 1.36. The number of nitrogens with two attached hydrogens (primary N) is 1. The van der Waals surface area contributed by atoms with Gasteiger partial charge in [-0.25, -0.2) is 0 Å². The molecule has 0 amide bonds. The third-order valence-electron chi connectivity index (χ3n) is 3.07. The van der Waals surface area contributed by atoms with Gasteiger partial charge >= 0.3 is 5.97 Å². The van der Waals surface area contributed by atoms with Crippen LogP contribution >= 0.6 is 0 Å². The minimum atomic E-state index is -0.530. The van der Waals surface area contributed by atoms with Gasteiger partial charge in [-0.1, -0.05) is 45.0 Å². The van der Waals surface area contributed by atoms with Crippen LogP contribution in [-0.4, -0.2) is 19.1 Å². The second kappa shape index (κ2) is 6.01. The highest BCUT2D eigenvalue weighted by atomic mass is 16.5. The van der Waals surface area contributed by atoms with Gasteiger partial charge in [-0.2, -0.15) is 0 Å². The van der Waals surface area contributed by atoms with Crippen LogP contribution in [0.2, 0.25) is 0 Å². The fraction of sp³-hybridized carbons (Fsp3) is 0.533. The van der Waals surface area contributed by atoms with Crippen molar-refractivity contribution in [3.63, 3.8) is 0 Å². The smallest absolute Gasteiger partial charge is 0.322 e. The van der Waals surface area contributed by atoms with Crippen LogP contribution in [0.5, 0.6) is 0 Å². The highest BCUT2D eigenvalue weighted by molar-refractivity contribution is 5.75. The van der Waals surface area contributed by atoms with Gasteiger partial charge in [-0.15, -0.1) is 0 Å². The van der Waals surface area contributed by atoms with E-state index >= 15 is 0 Å². The maximum atomic E-state index is 11.2. The SMILES string of the molecule is COC(=O)C(N)CCc1ccc(C(C)(C)C)cc1. The zero-order valence-corrected chi connectivity index (χ0v) is 11.7. The molecule has 2 N–H and O–H groups in total. The monoisotopic (exact) mass is 249 g/mol. The summed E-state index contributed by atoms with van der Waals surface area (Å²) in [4.78, 5) is 11.2. The molecule has 0 aromatic heterocycles. The van der Waals surface area contributed by atoms with Crippen LogP contribution in [0.15, 0.2) is 24.3 Å². The van der Waals surface area contributed by atoms with Crippen molar-refractivity contribution in [1.82, 2.24) is 0 Å². The molecule has 0 aliphatic rings. The Kier molecular flexibility index (Phi) is 4.91. The summed E-state index contributed by atoms with van der Waals surface area (Å²) in [6, 6.07) is 7.95. The molecule has 3 nitrogen and oxygen atoms in total. The lowest BCUT2D eigenvalue weighted by Gasteiger charge is -2.19. The average molecular weight is 249 g/mol. The van der Waals surface area contributed by atoms with Crippen LogP contribution in [0.4, 0.5) is 0 Å². The van der Waals surface area contributed by atoms with Crippen molar-refractivity contribution in [1.29, 1.82) is 0 Å². The first-order valence-electron chi connectivity index (χ1n) is 6.27. The molecule has 0 saturated carbocycles. The normalized spacial score (nSPS) is 13.2. The molecule has 0 aliphatic carbocycles. The minimum Gasteiger partial charge on any atom is -0.468 e. The van der Waals surface area contributed by atoms with Gasteiger partial charge in [-0.05, 0) is 29.4 Å². The second-order valence-electron chi connectivity index (χ2n) is 5.62. The van der Waals surface area contributed by atoms with E-state index in [-0.39, 0.29) is 11.4 Å². The van der Waals surface area contributed by atoms with Crippen molar-refractivity contribution in [3.05, 3.63) is 35.4 Å². The average Bonchev–Trinajstić information content (AvgIpc) is 2.34. The van der Waals surface area contributed by atoms with Crippen molar-refractivity contribution in [3.8, 4) is 0 Å². The van der Waals surface area contributed by atoms with Gasteiger partial charge in [0.05, 0.1) is 7.11 Å². The lowest BCUT2D eigenvalue weighted by molar-refractivity contribution is -0.142. The number of carbonyl (C=O) groups is 1. The van der Waals surface area contributed by atoms with E-state index in [0.29, 0.717) is 6.42 Å². The van der Waals surface area contributed by atoms with E-state index in [1.54, 1.807) is 0 Å². The number of hydrogen-bond donors (Lipinski definition) is 1. The third kappa shape index (κ3) is 4.15. The Morgan fingerprint density at radius 2 is 1.83 bits per heavy atom. The number of hydrogen-bond acceptors (Lipinski definition) is 3. The maximum Gasteiger partial charge on any atom is 0.322 e. The van der Waals surface area contributed by atoms with Gasteiger partial charge in [0.15, 0.2) is 0 Å². The topological polar surface area (TPSA) is 52.3 Å². The fourth-order valence-electron chi connectivity index (χ4n) is 1.76. The van der Waals surface area contributed by atoms with E-state index in [1.165, 1.54) is 18.2 Å². The van der Waals surface area contributed by atoms with E-state index in [4.69, 9.17) is 5.73 Å². The Balaban J connectivity index is 2.57. The summed E-state index contributed by atoms with van der Waals surface area (Å²) in [5.74, 6) is -0.346. The number of aryl methyl sites for hydroxylation is 1. The lowest BCUT2D eigenvalue weighted by Crippen LogP contribution is -2.31. The molecular formula is C15H23NO2. The van der Waals surface area contributed by atoms with E-state index in [9.17, 15) is 4.79 Å². The molecule has 1 aromatic carbocycles. The number of ether oxygens (including phenoxy) is 1. The first kappa shape index (κ1) is 14.7. The molecule has 1 aromatic rings. The Bertz CT molecular complexity index is 390. The molecule has 0 saturated heterocycles. The summed E-state index contributed by atoms with van der Waals surface area (Å²) in [6.45, 7) is 6.57. The predicted molar refractivity (Wildman–Crippen MR) is 73.5 cm³/mol. The summed E-state index contributed by atoms with van der Waals surface area (Å²) in [6.07, 6.45) is 1.40. The maximum absolute atomic E-state index is 11.2. The lowest BCUT2D eigenvalue weighted by atomic mass is 9.86. The van der Waals surface area contributed by atoms with Crippen LogP contribution in [0.1, 0.15) is 38.3 Å². The van der Waals surface area contributed by atoms with Crippen molar-refractivity contribution in [2.75, 3.05) is 7.11 Å². The number of esters is 1. The Hall–Kier alpha value is -1.35. The molecule has 0 bridgehead atoms. The zero-order valence-electron chi connectivity index (χ0n) is 11.7. The molecule has 0 aliphatic heterocycles. The van der Waals surface area contributed by atoms with Gasteiger partial charge in [0.25, 0.3) is 0 Å². The first-order valence-corrected chi connectivity index (χ1v) is 6.27. The molecule has 0 spiro atoms. The number of benzene rings is 1. The van der Waals surface area contributed by atoms with Crippen molar-refractivity contribution in [2.45, 2.75) is 45.1 Å². The van der Waals surface area contributed by atoms with Crippen LogP contribution < -0.4 is 5.73 Å². The Labute approximate surface area is 109 Å². The van der Waals surface area contributed by atoms with Crippen molar-refractivity contribution >= 4 is 5.97 Å². The molecule has 0 fully saturated rings. The van der Waals surface area contributed by atoms with Crippen LogP contribution in [0.3, 0.4) is 0 Å². The first-order chi connectivity index (χ1) is 8.34. The van der Waals surface area contributed by atoms with E-state index in [2.05, 4.69) is 49.8 Å². The Morgan fingerprint density at radius 3 is 2.28 bits per heavy atom. The van der Waals surface area contributed by atoms with Crippen molar-refractivity contribution in [2.24, 2.45) is 5.73 Å². The minimum absolute atomic E-state index is 0.168. The number of carbonyl (C=O) groups excluding carboxylic acids is 1. The summed E-state index contributed by atoms with van der Waals surface area (Å²) in [5.41, 5.74) is 8.37. The highest BCUT2D eigenvalue weighted by Gasteiger charge is 2.15. The third-order valence-corrected chi connectivity index (χ3v) is 3.07. The molecule has 0 radical (unpaired) electrons. The van der Waals surface area contributed by atoms with E-state index in [0.717, 1.165) is 6.42 Å². The summed E-state index contributed by atoms with van der Waals surface area (Å²) >= 11 is 0. The van der Waals surface area contributed by atoms with Crippen LogP contribution in [0, 0.1) is 0 Å². The molecule has 0 heterocycles. The molecule has 1 atom stereocenters. The molecule has 100 valence electrons. The molecule has 18 heavy (non-hydrogen) atoms. The summed E-state index contributed by atoms with van der Waals surface area (Å²) < 4.78 is 4.60. The largest absolute Gasteiger partial charge is 0.468 e. The standard InChI is InChI=1S/C15H23NO2/c1-15(2,3)12-8-5-11(6-9-12)7-10-13(16)14(17)18-4/h5-6,8-9,13H,7,10,16H2,1-4H3. The zero-order chi connectivity index (χ0) is 13.8. The van der Waals surface area contributed by atoms with Gasteiger partial charge in [0.1, 0.15) is 6.04 Å². The quantitative estimate of drug-likeness (QED) is 0.834. The molecule has 1 unspecified atom stereocenters. The summed E-state index contributed by atoms with van der Waals surface area (Å²) in [5, 5.41) is 0. The highest BCUT2D eigenvalue weighted by Crippen LogP contribution is 2.22. The molecular weight excluding hydrogens is 226 g/mol. The van der Waals surface area contributed by atoms with Crippen molar-refractivity contribution < 1.29 is 9.53 Å². The van der Waals surface area contributed by atoms with Crippen LogP contribution in [-0.2, 0) is 21.4 Å². The van der Waals surface area contributed by atoms with Gasteiger partial charge in [-0.3, -0.25) is 4.79 Å². The Morgan fingerprint density at radius 1 is 1.28 bits per heavy atom. The predicted octanol–water partition coefficient (Wildman–Crippen LogP) is 2.42.